The van der Waals surface area contributed by atoms with Gasteiger partial charge in [-0.1, -0.05) is 12.1 Å². The van der Waals surface area contributed by atoms with Gasteiger partial charge in [0, 0.05) is 19.1 Å². The third-order valence-electron chi connectivity index (χ3n) is 3.85. The normalized spacial score (nSPS) is 15.4. The van der Waals surface area contributed by atoms with Crippen LogP contribution in [0.4, 0.5) is 15.3 Å². The van der Waals surface area contributed by atoms with Crippen LogP contribution in [0.2, 0.25) is 0 Å². The molecule has 1 aliphatic rings. The number of rotatable bonds is 3. The second-order valence-electron chi connectivity index (χ2n) is 7.04. The Hall–Kier alpha value is -2.44. The van der Waals surface area contributed by atoms with Gasteiger partial charge in [-0.2, -0.15) is 0 Å². The maximum Gasteiger partial charge on any atom is 0.407 e. The molecule has 0 aromatic heterocycles. The SMILES string of the molecule is COc1ccccc1NC(=O)N1CCC(NC(=O)OC(C)(C)C)CC1. The third kappa shape index (κ3) is 5.85. The summed E-state index contributed by atoms with van der Waals surface area (Å²) >= 11 is 0. The Morgan fingerprint density at radius 1 is 1.16 bits per heavy atom. The average molecular weight is 349 g/mol. The van der Waals surface area contributed by atoms with Crippen molar-refractivity contribution in [2.45, 2.75) is 45.3 Å². The van der Waals surface area contributed by atoms with E-state index in [1.54, 1.807) is 24.1 Å². The van der Waals surface area contributed by atoms with Crippen LogP contribution < -0.4 is 15.4 Å². The number of hydrogen-bond acceptors (Lipinski definition) is 4. The van der Waals surface area contributed by atoms with Crippen LogP contribution in [0.5, 0.6) is 5.75 Å². The lowest BCUT2D eigenvalue weighted by atomic mass is 10.1. The van der Waals surface area contributed by atoms with Crippen molar-refractivity contribution >= 4 is 17.8 Å². The van der Waals surface area contributed by atoms with E-state index in [0.717, 1.165) is 0 Å². The second-order valence-corrected chi connectivity index (χ2v) is 7.04. The van der Waals surface area contributed by atoms with Gasteiger partial charge in [0.1, 0.15) is 11.4 Å². The van der Waals surface area contributed by atoms with Crippen LogP contribution in [-0.4, -0.2) is 48.9 Å². The largest absolute Gasteiger partial charge is 0.495 e. The van der Waals surface area contributed by atoms with E-state index in [2.05, 4.69) is 10.6 Å². The fourth-order valence-corrected chi connectivity index (χ4v) is 2.64. The summed E-state index contributed by atoms with van der Waals surface area (Å²) in [4.78, 5) is 25.9. The fourth-order valence-electron chi connectivity index (χ4n) is 2.64. The zero-order chi connectivity index (χ0) is 18.4. The summed E-state index contributed by atoms with van der Waals surface area (Å²) in [5.74, 6) is 0.623. The number of methoxy groups -OCH3 is 1. The first-order chi connectivity index (χ1) is 11.8. The van der Waals surface area contributed by atoms with Crippen LogP contribution in [-0.2, 0) is 4.74 Å². The number of nitrogens with one attached hydrogen (secondary N) is 2. The number of hydrogen-bond donors (Lipinski definition) is 2. The van der Waals surface area contributed by atoms with Gasteiger partial charge in [-0.3, -0.25) is 0 Å². The summed E-state index contributed by atoms with van der Waals surface area (Å²) in [7, 11) is 1.57. The Bertz CT molecular complexity index is 605. The van der Waals surface area contributed by atoms with Crippen LogP contribution in [0.3, 0.4) is 0 Å². The van der Waals surface area contributed by atoms with E-state index in [0.29, 0.717) is 37.4 Å². The smallest absolute Gasteiger partial charge is 0.407 e. The van der Waals surface area contributed by atoms with E-state index in [9.17, 15) is 9.59 Å². The van der Waals surface area contributed by atoms with Gasteiger partial charge in [0.25, 0.3) is 0 Å². The maximum atomic E-state index is 12.4. The molecule has 1 aromatic rings. The number of urea groups is 1. The highest BCUT2D eigenvalue weighted by atomic mass is 16.6. The van der Waals surface area contributed by atoms with Gasteiger partial charge in [0.15, 0.2) is 0 Å². The zero-order valence-corrected chi connectivity index (χ0v) is 15.3. The third-order valence-corrected chi connectivity index (χ3v) is 3.85. The van der Waals surface area contributed by atoms with Crippen molar-refractivity contribution in [3.63, 3.8) is 0 Å². The molecule has 0 spiro atoms. The molecule has 0 unspecified atom stereocenters. The predicted octanol–water partition coefficient (Wildman–Crippen LogP) is 3.22. The molecule has 1 heterocycles. The number of amides is 3. The number of carbonyl (C=O) groups excluding carboxylic acids is 2. The van der Waals surface area contributed by atoms with Crippen LogP contribution in [0, 0.1) is 0 Å². The molecule has 0 aliphatic carbocycles. The Kier molecular flexibility index (Phi) is 6.12. The summed E-state index contributed by atoms with van der Waals surface area (Å²) in [6, 6.07) is 7.14. The fraction of sp³-hybridized carbons (Fsp3) is 0.556. The Balaban J connectivity index is 1.81. The molecule has 7 heteroatoms. The minimum atomic E-state index is -0.514. The lowest BCUT2D eigenvalue weighted by Gasteiger charge is -2.33. The molecule has 3 amide bonds. The number of alkyl carbamates (subject to hydrolysis) is 1. The second kappa shape index (κ2) is 8.09. The van der Waals surface area contributed by atoms with Gasteiger partial charge < -0.3 is 25.0 Å². The van der Waals surface area contributed by atoms with E-state index in [4.69, 9.17) is 9.47 Å². The molecule has 7 nitrogen and oxygen atoms in total. The molecule has 1 aliphatic heterocycles. The Labute approximate surface area is 148 Å². The quantitative estimate of drug-likeness (QED) is 0.878. The maximum absolute atomic E-state index is 12.4. The molecule has 2 rings (SSSR count). The zero-order valence-electron chi connectivity index (χ0n) is 15.3. The molecule has 0 bridgehead atoms. The number of para-hydroxylation sites is 2. The molecule has 0 saturated carbocycles. The molecule has 2 N–H and O–H groups in total. The van der Waals surface area contributed by atoms with Gasteiger partial charge >= 0.3 is 12.1 Å². The van der Waals surface area contributed by atoms with E-state index < -0.39 is 11.7 Å². The van der Waals surface area contributed by atoms with Gasteiger partial charge in [-0.05, 0) is 45.7 Å². The van der Waals surface area contributed by atoms with Crippen molar-refractivity contribution < 1.29 is 19.1 Å². The van der Waals surface area contributed by atoms with E-state index >= 15 is 0 Å². The molecule has 1 saturated heterocycles. The Morgan fingerprint density at radius 2 is 1.80 bits per heavy atom. The monoisotopic (exact) mass is 349 g/mol. The molecule has 138 valence electrons. The molecular weight excluding hydrogens is 322 g/mol. The minimum Gasteiger partial charge on any atom is -0.495 e. The summed E-state index contributed by atoms with van der Waals surface area (Å²) in [6.07, 6.45) is 0.974. The van der Waals surface area contributed by atoms with E-state index in [1.807, 2.05) is 32.9 Å². The van der Waals surface area contributed by atoms with Crippen molar-refractivity contribution in [2.75, 3.05) is 25.5 Å². The average Bonchev–Trinajstić information content (AvgIpc) is 2.54. The highest BCUT2D eigenvalue weighted by molar-refractivity contribution is 5.91. The number of carbonyl (C=O) groups is 2. The topological polar surface area (TPSA) is 79.9 Å². The lowest BCUT2D eigenvalue weighted by Crippen LogP contribution is -2.48. The first-order valence-corrected chi connectivity index (χ1v) is 8.47. The number of piperidine rings is 1. The Morgan fingerprint density at radius 3 is 2.40 bits per heavy atom. The van der Waals surface area contributed by atoms with E-state index in [-0.39, 0.29) is 12.1 Å². The van der Waals surface area contributed by atoms with Crippen molar-refractivity contribution in [2.24, 2.45) is 0 Å². The van der Waals surface area contributed by atoms with Crippen LogP contribution in [0.15, 0.2) is 24.3 Å². The summed E-state index contributed by atoms with van der Waals surface area (Å²) in [5.41, 5.74) is 0.128. The minimum absolute atomic E-state index is 0.0187. The molecule has 0 atom stereocenters. The highest BCUT2D eigenvalue weighted by Crippen LogP contribution is 2.24. The predicted molar refractivity (Wildman–Crippen MR) is 96.0 cm³/mol. The van der Waals surface area contributed by atoms with Crippen molar-refractivity contribution in [3.8, 4) is 5.75 Å². The molecule has 1 aromatic carbocycles. The first kappa shape index (κ1) is 18.9. The van der Waals surface area contributed by atoms with E-state index in [1.165, 1.54) is 0 Å². The number of anilines is 1. The number of nitrogens with zero attached hydrogens (tertiary/aromatic N) is 1. The molecule has 0 radical (unpaired) electrons. The summed E-state index contributed by atoms with van der Waals surface area (Å²) < 4.78 is 10.5. The van der Waals surface area contributed by atoms with Gasteiger partial charge in [-0.15, -0.1) is 0 Å². The first-order valence-electron chi connectivity index (χ1n) is 8.47. The van der Waals surface area contributed by atoms with Crippen LogP contribution in [0.25, 0.3) is 0 Å². The van der Waals surface area contributed by atoms with Gasteiger partial charge in [0.05, 0.1) is 12.8 Å². The number of ether oxygens (including phenoxy) is 2. The summed E-state index contributed by atoms with van der Waals surface area (Å²) in [5, 5.41) is 5.73. The van der Waals surface area contributed by atoms with Crippen LogP contribution in [0.1, 0.15) is 33.6 Å². The van der Waals surface area contributed by atoms with Gasteiger partial charge in [0.2, 0.25) is 0 Å². The highest BCUT2D eigenvalue weighted by Gasteiger charge is 2.26. The van der Waals surface area contributed by atoms with Crippen molar-refractivity contribution in [3.05, 3.63) is 24.3 Å². The standard InChI is InChI=1S/C18H27N3O4/c1-18(2,3)25-17(23)19-13-9-11-21(12-10-13)16(22)20-14-7-5-6-8-15(14)24-4/h5-8,13H,9-12H2,1-4H3,(H,19,23)(H,20,22). The molecule has 1 fully saturated rings. The summed E-state index contributed by atoms with van der Waals surface area (Å²) in [6.45, 7) is 6.63. The van der Waals surface area contributed by atoms with Crippen molar-refractivity contribution in [1.82, 2.24) is 10.2 Å². The lowest BCUT2D eigenvalue weighted by molar-refractivity contribution is 0.0486. The van der Waals surface area contributed by atoms with Crippen LogP contribution >= 0.6 is 0 Å². The molecular formula is C18H27N3O4. The number of benzene rings is 1. The van der Waals surface area contributed by atoms with Gasteiger partial charge in [-0.25, -0.2) is 9.59 Å². The number of likely N-dealkylation sites (tertiary alicyclic amines) is 1. The van der Waals surface area contributed by atoms with Crippen molar-refractivity contribution in [1.29, 1.82) is 0 Å². The molecule has 25 heavy (non-hydrogen) atoms.